The van der Waals surface area contributed by atoms with Crippen LogP contribution in [-0.4, -0.2) is 20.9 Å². The lowest BCUT2D eigenvalue weighted by Gasteiger charge is -1.93. The zero-order valence-corrected chi connectivity index (χ0v) is 8.58. The van der Waals surface area contributed by atoms with E-state index in [0.717, 1.165) is 0 Å². The second kappa shape index (κ2) is 3.08. The van der Waals surface area contributed by atoms with Gasteiger partial charge in [-0.25, -0.2) is 9.50 Å². The van der Waals surface area contributed by atoms with E-state index < -0.39 is 0 Å². The Hall–Kier alpha value is -0.940. The van der Waals surface area contributed by atoms with Gasteiger partial charge in [-0.15, -0.1) is 0 Å². The van der Waals surface area contributed by atoms with Crippen molar-refractivity contribution in [1.82, 2.24) is 14.6 Å². The van der Waals surface area contributed by atoms with E-state index in [1.165, 1.54) is 4.52 Å². The summed E-state index contributed by atoms with van der Waals surface area (Å²) in [6.07, 6.45) is 0.627. The van der Waals surface area contributed by atoms with Crippen molar-refractivity contribution in [1.29, 1.82) is 0 Å². The number of aldehydes is 1. The third-order valence-electron chi connectivity index (χ3n) is 1.55. The summed E-state index contributed by atoms with van der Waals surface area (Å²) in [6.45, 7) is 0. The van der Waals surface area contributed by atoms with Crippen molar-refractivity contribution >= 4 is 39.5 Å². The Labute approximate surface area is 86.7 Å². The molecule has 0 N–H and O–H groups in total. The lowest BCUT2D eigenvalue weighted by atomic mass is 10.5. The standard InChI is InChI=1S/C7H3BrClN3O/c8-5-1-2-6-10-7(9)4(3-13)12(6)11-5/h1-3H. The summed E-state index contributed by atoms with van der Waals surface area (Å²) in [7, 11) is 0. The molecule has 0 fully saturated rings. The van der Waals surface area contributed by atoms with Crippen LogP contribution in [0.15, 0.2) is 16.7 Å². The van der Waals surface area contributed by atoms with Gasteiger partial charge in [0.15, 0.2) is 17.1 Å². The molecule has 0 amide bonds. The molecule has 0 spiro atoms. The van der Waals surface area contributed by atoms with Gasteiger partial charge in [-0.1, -0.05) is 11.6 Å². The molecule has 2 aromatic heterocycles. The summed E-state index contributed by atoms with van der Waals surface area (Å²) in [5.41, 5.74) is 0.813. The molecule has 66 valence electrons. The van der Waals surface area contributed by atoms with Gasteiger partial charge >= 0.3 is 0 Å². The van der Waals surface area contributed by atoms with Crippen LogP contribution in [0.4, 0.5) is 0 Å². The fourth-order valence-electron chi connectivity index (χ4n) is 1.000. The van der Waals surface area contributed by atoms with Gasteiger partial charge in [0.1, 0.15) is 10.3 Å². The molecule has 0 aliphatic rings. The van der Waals surface area contributed by atoms with Crippen molar-refractivity contribution in [3.63, 3.8) is 0 Å². The molecule has 2 heterocycles. The largest absolute Gasteiger partial charge is 0.296 e. The van der Waals surface area contributed by atoms with Crippen LogP contribution in [0.3, 0.4) is 0 Å². The van der Waals surface area contributed by atoms with Gasteiger partial charge in [0.05, 0.1) is 0 Å². The molecular weight excluding hydrogens is 257 g/mol. The number of carbonyl (C=O) groups is 1. The van der Waals surface area contributed by atoms with Gasteiger partial charge in [-0.2, -0.15) is 5.10 Å². The van der Waals surface area contributed by atoms with Gasteiger partial charge in [0.25, 0.3) is 0 Å². The third kappa shape index (κ3) is 1.34. The third-order valence-corrected chi connectivity index (χ3v) is 2.25. The molecule has 0 bridgehead atoms. The minimum atomic E-state index is 0.167. The highest BCUT2D eigenvalue weighted by atomic mass is 79.9. The number of rotatable bonds is 1. The highest BCUT2D eigenvalue weighted by Gasteiger charge is 2.09. The minimum Gasteiger partial charge on any atom is -0.296 e. The predicted octanol–water partition coefficient (Wildman–Crippen LogP) is 1.96. The Bertz CT molecular complexity index is 482. The number of fused-ring (bicyclic) bond motifs is 1. The molecule has 13 heavy (non-hydrogen) atoms. The highest BCUT2D eigenvalue weighted by molar-refractivity contribution is 9.10. The lowest BCUT2D eigenvalue weighted by Crippen LogP contribution is -1.96. The van der Waals surface area contributed by atoms with Crippen molar-refractivity contribution in [2.24, 2.45) is 0 Å². The van der Waals surface area contributed by atoms with Crippen molar-refractivity contribution in [2.75, 3.05) is 0 Å². The summed E-state index contributed by atoms with van der Waals surface area (Å²) < 4.78 is 2.01. The van der Waals surface area contributed by atoms with E-state index in [1.807, 2.05) is 0 Å². The Morgan fingerprint density at radius 3 is 3.00 bits per heavy atom. The van der Waals surface area contributed by atoms with Crippen LogP contribution in [0.5, 0.6) is 0 Å². The van der Waals surface area contributed by atoms with Crippen molar-refractivity contribution in [2.45, 2.75) is 0 Å². The average Bonchev–Trinajstić information content (AvgIpc) is 2.40. The van der Waals surface area contributed by atoms with Crippen LogP contribution >= 0.6 is 27.5 Å². The first-order chi connectivity index (χ1) is 6.22. The maximum absolute atomic E-state index is 10.6. The van der Waals surface area contributed by atoms with Gasteiger partial charge in [-0.3, -0.25) is 4.79 Å². The molecule has 0 unspecified atom stereocenters. The van der Waals surface area contributed by atoms with Gasteiger partial charge in [0, 0.05) is 0 Å². The summed E-state index contributed by atoms with van der Waals surface area (Å²) in [5, 5.41) is 4.19. The van der Waals surface area contributed by atoms with Crippen LogP contribution in [0.2, 0.25) is 5.15 Å². The summed E-state index contributed by atoms with van der Waals surface area (Å²) in [5.74, 6) is 0. The van der Waals surface area contributed by atoms with Crippen molar-refractivity contribution in [3.8, 4) is 0 Å². The number of hydrogen-bond donors (Lipinski definition) is 0. The Morgan fingerprint density at radius 1 is 1.54 bits per heavy atom. The number of halogens is 2. The van der Waals surface area contributed by atoms with Crippen molar-refractivity contribution < 1.29 is 4.79 Å². The Balaban J connectivity index is 2.88. The molecule has 0 aliphatic carbocycles. The van der Waals surface area contributed by atoms with Crippen LogP contribution in [0.25, 0.3) is 5.65 Å². The number of hydrogen-bond acceptors (Lipinski definition) is 3. The normalized spacial score (nSPS) is 10.6. The predicted molar refractivity (Wildman–Crippen MR) is 51.1 cm³/mol. The van der Waals surface area contributed by atoms with Gasteiger partial charge < -0.3 is 0 Å². The Morgan fingerprint density at radius 2 is 2.31 bits per heavy atom. The molecule has 6 heteroatoms. The lowest BCUT2D eigenvalue weighted by molar-refractivity contribution is 0.111. The molecule has 0 aliphatic heterocycles. The van der Waals surface area contributed by atoms with E-state index >= 15 is 0 Å². The van der Waals surface area contributed by atoms with E-state index in [4.69, 9.17) is 11.6 Å². The molecule has 2 aromatic rings. The summed E-state index contributed by atoms with van der Waals surface area (Å²) in [6, 6.07) is 3.45. The number of carbonyl (C=O) groups excluding carboxylic acids is 1. The van der Waals surface area contributed by atoms with E-state index in [0.29, 0.717) is 16.5 Å². The monoisotopic (exact) mass is 259 g/mol. The molecule has 0 aromatic carbocycles. The number of imidazole rings is 1. The SMILES string of the molecule is O=Cc1c(Cl)nc2ccc(Br)nn12. The molecule has 0 saturated carbocycles. The zero-order valence-electron chi connectivity index (χ0n) is 6.24. The number of aromatic nitrogens is 3. The molecular formula is C7H3BrClN3O. The first-order valence-electron chi connectivity index (χ1n) is 3.38. The summed E-state index contributed by atoms with van der Waals surface area (Å²) in [4.78, 5) is 14.6. The van der Waals surface area contributed by atoms with E-state index in [-0.39, 0.29) is 10.8 Å². The van der Waals surface area contributed by atoms with Gasteiger partial charge in [0.2, 0.25) is 0 Å². The molecule has 4 nitrogen and oxygen atoms in total. The van der Waals surface area contributed by atoms with E-state index in [2.05, 4.69) is 26.0 Å². The molecule has 0 saturated heterocycles. The molecule has 2 rings (SSSR count). The second-order valence-corrected chi connectivity index (χ2v) is 3.50. The highest BCUT2D eigenvalue weighted by Crippen LogP contribution is 2.16. The first-order valence-corrected chi connectivity index (χ1v) is 4.55. The van der Waals surface area contributed by atoms with Crippen LogP contribution in [-0.2, 0) is 0 Å². The number of nitrogens with zero attached hydrogens (tertiary/aromatic N) is 3. The zero-order chi connectivity index (χ0) is 9.42. The Kier molecular flexibility index (Phi) is 2.05. The average molecular weight is 260 g/mol. The molecule has 0 radical (unpaired) electrons. The topological polar surface area (TPSA) is 47.3 Å². The quantitative estimate of drug-likeness (QED) is 0.736. The second-order valence-electron chi connectivity index (χ2n) is 2.33. The van der Waals surface area contributed by atoms with E-state index in [1.54, 1.807) is 12.1 Å². The van der Waals surface area contributed by atoms with Gasteiger partial charge in [-0.05, 0) is 28.1 Å². The summed E-state index contributed by atoms with van der Waals surface area (Å²) >= 11 is 8.89. The first kappa shape index (κ1) is 8.65. The maximum atomic E-state index is 10.6. The minimum absolute atomic E-state index is 0.167. The van der Waals surface area contributed by atoms with Crippen LogP contribution < -0.4 is 0 Å². The molecule has 0 atom stereocenters. The van der Waals surface area contributed by atoms with Crippen LogP contribution in [0.1, 0.15) is 10.5 Å². The van der Waals surface area contributed by atoms with Crippen molar-refractivity contribution in [3.05, 3.63) is 27.6 Å². The van der Waals surface area contributed by atoms with Crippen LogP contribution in [0, 0.1) is 0 Å². The fourth-order valence-corrected chi connectivity index (χ4v) is 1.50. The smallest absolute Gasteiger partial charge is 0.171 e. The fraction of sp³-hybridized carbons (Fsp3) is 0. The maximum Gasteiger partial charge on any atom is 0.171 e. The van der Waals surface area contributed by atoms with E-state index in [9.17, 15) is 4.79 Å².